The molecule has 1 fully saturated rings. The molecule has 0 N–H and O–H groups in total. The van der Waals surface area contributed by atoms with Crippen molar-refractivity contribution < 1.29 is 4.79 Å². The molecule has 0 amide bonds. The van der Waals surface area contributed by atoms with Crippen LogP contribution in [0.15, 0.2) is 24.3 Å². The van der Waals surface area contributed by atoms with Gasteiger partial charge in [-0.1, -0.05) is 30.2 Å². The first-order valence-electron chi connectivity index (χ1n) is 6.13. The summed E-state index contributed by atoms with van der Waals surface area (Å²) in [6.45, 7) is 1.48. The fourth-order valence-corrected chi connectivity index (χ4v) is 2.44. The van der Waals surface area contributed by atoms with Gasteiger partial charge in [-0.2, -0.15) is 0 Å². The lowest BCUT2D eigenvalue weighted by molar-refractivity contribution is 0.0925. The van der Waals surface area contributed by atoms with Crippen molar-refractivity contribution in [2.45, 2.75) is 19.3 Å². The molecule has 92 valence electrons. The molecule has 1 aliphatic rings. The molecule has 0 bridgehead atoms. The Hall–Kier alpha value is -0.860. The maximum absolute atomic E-state index is 12.0. The number of nitrogens with zero attached hydrogens (tertiary/aromatic N) is 1. The molecule has 0 heterocycles. The van der Waals surface area contributed by atoms with Crippen molar-refractivity contribution in [1.29, 1.82) is 0 Å². The maximum Gasteiger partial charge on any atom is 0.178 e. The zero-order valence-electron chi connectivity index (χ0n) is 10.2. The van der Waals surface area contributed by atoms with E-state index >= 15 is 0 Å². The molecule has 2 nitrogen and oxygen atoms in total. The zero-order valence-corrected chi connectivity index (χ0v) is 10.9. The van der Waals surface area contributed by atoms with Gasteiger partial charge in [0.15, 0.2) is 5.78 Å². The summed E-state index contributed by atoms with van der Waals surface area (Å²) in [5, 5.41) is 0.551. The van der Waals surface area contributed by atoms with Crippen LogP contribution in [0.25, 0.3) is 0 Å². The van der Waals surface area contributed by atoms with Crippen LogP contribution in [-0.4, -0.2) is 30.8 Å². The van der Waals surface area contributed by atoms with Crippen LogP contribution in [0.1, 0.15) is 29.6 Å². The number of carbonyl (C=O) groups excluding carboxylic acids is 1. The van der Waals surface area contributed by atoms with E-state index in [1.54, 1.807) is 12.1 Å². The number of carbonyl (C=O) groups is 1. The van der Waals surface area contributed by atoms with Crippen LogP contribution < -0.4 is 0 Å². The predicted octanol–water partition coefficient (Wildman–Crippen LogP) is 3.25. The van der Waals surface area contributed by atoms with Crippen LogP contribution >= 0.6 is 11.6 Å². The Morgan fingerprint density at radius 3 is 2.71 bits per heavy atom. The SMILES string of the molecule is CN(CC(=O)c1ccccc1Cl)CC1CCC1. The monoisotopic (exact) mass is 251 g/mol. The van der Waals surface area contributed by atoms with E-state index in [2.05, 4.69) is 4.90 Å². The van der Waals surface area contributed by atoms with Crippen LogP contribution in [0, 0.1) is 5.92 Å². The van der Waals surface area contributed by atoms with Gasteiger partial charge in [-0.05, 0) is 37.9 Å². The van der Waals surface area contributed by atoms with Gasteiger partial charge in [-0.25, -0.2) is 0 Å². The lowest BCUT2D eigenvalue weighted by atomic mass is 9.85. The Morgan fingerprint density at radius 1 is 1.41 bits per heavy atom. The van der Waals surface area contributed by atoms with Crippen LogP contribution in [-0.2, 0) is 0 Å². The van der Waals surface area contributed by atoms with Crippen LogP contribution in [0.4, 0.5) is 0 Å². The molecule has 3 heteroatoms. The van der Waals surface area contributed by atoms with Gasteiger partial charge in [0.25, 0.3) is 0 Å². The van der Waals surface area contributed by atoms with E-state index in [1.165, 1.54) is 19.3 Å². The van der Waals surface area contributed by atoms with Crippen molar-refractivity contribution in [1.82, 2.24) is 4.90 Å². The van der Waals surface area contributed by atoms with Gasteiger partial charge >= 0.3 is 0 Å². The fraction of sp³-hybridized carbons (Fsp3) is 0.500. The standard InChI is InChI=1S/C14H18ClNO/c1-16(9-11-5-4-6-11)10-14(17)12-7-2-3-8-13(12)15/h2-3,7-8,11H,4-6,9-10H2,1H3. The summed E-state index contributed by atoms with van der Waals surface area (Å²) in [4.78, 5) is 14.1. The number of benzene rings is 1. The third-order valence-electron chi connectivity index (χ3n) is 3.38. The predicted molar refractivity (Wildman–Crippen MR) is 70.6 cm³/mol. The van der Waals surface area contributed by atoms with Crippen molar-refractivity contribution in [2.75, 3.05) is 20.1 Å². The Bertz CT molecular complexity index is 401. The summed E-state index contributed by atoms with van der Waals surface area (Å²) in [6.07, 6.45) is 3.96. The highest BCUT2D eigenvalue weighted by molar-refractivity contribution is 6.34. The molecule has 1 saturated carbocycles. The Kier molecular flexibility index (Phi) is 4.19. The van der Waals surface area contributed by atoms with E-state index in [1.807, 2.05) is 19.2 Å². The molecule has 2 rings (SSSR count). The van der Waals surface area contributed by atoms with E-state index in [-0.39, 0.29) is 5.78 Å². The van der Waals surface area contributed by atoms with Crippen molar-refractivity contribution in [3.05, 3.63) is 34.9 Å². The second-order valence-corrected chi connectivity index (χ2v) is 5.30. The zero-order chi connectivity index (χ0) is 12.3. The van der Waals surface area contributed by atoms with Crippen molar-refractivity contribution in [3.8, 4) is 0 Å². The van der Waals surface area contributed by atoms with Crippen molar-refractivity contribution in [3.63, 3.8) is 0 Å². The average molecular weight is 252 g/mol. The molecular weight excluding hydrogens is 234 g/mol. The molecule has 1 aromatic rings. The van der Waals surface area contributed by atoms with Gasteiger partial charge in [-0.15, -0.1) is 0 Å². The largest absolute Gasteiger partial charge is 0.299 e. The molecule has 1 aliphatic carbocycles. The number of rotatable bonds is 5. The van der Waals surface area contributed by atoms with E-state index in [4.69, 9.17) is 11.6 Å². The van der Waals surface area contributed by atoms with E-state index in [9.17, 15) is 4.79 Å². The first-order chi connectivity index (χ1) is 8.16. The number of hydrogen-bond donors (Lipinski definition) is 0. The minimum absolute atomic E-state index is 0.109. The van der Waals surface area contributed by atoms with E-state index < -0.39 is 0 Å². The molecule has 1 aromatic carbocycles. The lowest BCUT2D eigenvalue weighted by Crippen LogP contribution is -2.33. The summed E-state index contributed by atoms with van der Waals surface area (Å²) in [6, 6.07) is 7.25. The number of ketones is 1. The van der Waals surface area contributed by atoms with Gasteiger partial charge < -0.3 is 0 Å². The third-order valence-corrected chi connectivity index (χ3v) is 3.71. The van der Waals surface area contributed by atoms with Gasteiger partial charge in [0.05, 0.1) is 11.6 Å². The highest BCUT2D eigenvalue weighted by atomic mass is 35.5. The van der Waals surface area contributed by atoms with Crippen LogP contribution in [0.2, 0.25) is 5.02 Å². The quantitative estimate of drug-likeness (QED) is 0.749. The topological polar surface area (TPSA) is 20.3 Å². The molecule has 0 radical (unpaired) electrons. The van der Waals surface area contributed by atoms with Gasteiger partial charge in [-0.3, -0.25) is 9.69 Å². The third kappa shape index (κ3) is 3.30. The fourth-order valence-electron chi connectivity index (χ4n) is 2.20. The first kappa shape index (κ1) is 12.6. The minimum Gasteiger partial charge on any atom is -0.299 e. The highest BCUT2D eigenvalue weighted by Gasteiger charge is 2.20. The molecule has 0 aromatic heterocycles. The van der Waals surface area contributed by atoms with Crippen LogP contribution in [0.3, 0.4) is 0 Å². The Labute approximate surface area is 108 Å². The van der Waals surface area contributed by atoms with Crippen molar-refractivity contribution >= 4 is 17.4 Å². The number of Topliss-reactive ketones (excluding diaryl/α,β-unsaturated/α-hetero) is 1. The van der Waals surface area contributed by atoms with E-state index in [0.29, 0.717) is 17.1 Å². The summed E-state index contributed by atoms with van der Waals surface area (Å²) in [5.74, 6) is 0.900. The Morgan fingerprint density at radius 2 is 2.12 bits per heavy atom. The smallest absolute Gasteiger partial charge is 0.178 e. The summed E-state index contributed by atoms with van der Waals surface area (Å²) in [7, 11) is 2.01. The van der Waals surface area contributed by atoms with Gasteiger partial charge in [0.2, 0.25) is 0 Å². The van der Waals surface area contributed by atoms with Crippen molar-refractivity contribution in [2.24, 2.45) is 5.92 Å². The molecule has 0 spiro atoms. The van der Waals surface area contributed by atoms with Crippen LogP contribution in [0.5, 0.6) is 0 Å². The molecular formula is C14H18ClNO. The molecule has 0 aliphatic heterocycles. The first-order valence-corrected chi connectivity index (χ1v) is 6.51. The Balaban J connectivity index is 1.89. The molecule has 0 unspecified atom stereocenters. The number of likely N-dealkylation sites (N-methyl/N-ethyl adjacent to an activating group) is 1. The van der Waals surface area contributed by atoms with E-state index in [0.717, 1.165) is 12.5 Å². The lowest BCUT2D eigenvalue weighted by Gasteiger charge is -2.29. The summed E-state index contributed by atoms with van der Waals surface area (Å²) in [5.41, 5.74) is 0.634. The number of hydrogen-bond acceptors (Lipinski definition) is 2. The maximum atomic E-state index is 12.0. The molecule has 17 heavy (non-hydrogen) atoms. The second kappa shape index (κ2) is 5.65. The minimum atomic E-state index is 0.109. The number of halogens is 1. The van der Waals surface area contributed by atoms with Gasteiger partial charge in [0, 0.05) is 12.1 Å². The summed E-state index contributed by atoms with van der Waals surface area (Å²) >= 11 is 6.01. The average Bonchev–Trinajstić information content (AvgIpc) is 2.24. The normalized spacial score (nSPS) is 15.9. The molecule has 0 atom stereocenters. The highest BCUT2D eigenvalue weighted by Crippen LogP contribution is 2.26. The second-order valence-electron chi connectivity index (χ2n) is 4.90. The summed E-state index contributed by atoms with van der Waals surface area (Å²) < 4.78 is 0. The van der Waals surface area contributed by atoms with Gasteiger partial charge in [0.1, 0.15) is 0 Å². The molecule has 0 saturated heterocycles.